The standard InChI is InChI=1S/C22H20N2O2/c1-15-20-13-23-14-24(20)19(22(15)16-7-4-3-5-8-16)12-21(25)17-9-6-10-18(11-17)26-2/h3-11,13-14,19H,12H2,1-2H3. The lowest BCUT2D eigenvalue weighted by Gasteiger charge is -2.18. The van der Waals surface area contributed by atoms with Crippen molar-refractivity contribution in [2.24, 2.45) is 0 Å². The summed E-state index contributed by atoms with van der Waals surface area (Å²) in [6, 6.07) is 17.6. The van der Waals surface area contributed by atoms with Crippen LogP contribution < -0.4 is 4.74 Å². The molecular weight excluding hydrogens is 324 g/mol. The van der Waals surface area contributed by atoms with Gasteiger partial charge >= 0.3 is 0 Å². The van der Waals surface area contributed by atoms with E-state index in [0.717, 1.165) is 11.3 Å². The molecule has 0 saturated heterocycles. The highest BCUT2D eigenvalue weighted by Crippen LogP contribution is 2.44. The third-order valence-electron chi connectivity index (χ3n) is 4.98. The highest BCUT2D eigenvalue weighted by molar-refractivity contribution is 6.01. The number of allylic oxidation sites excluding steroid dienone is 2. The first-order valence-corrected chi connectivity index (χ1v) is 8.64. The van der Waals surface area contributed by atoms with Gasteiger partial charge in [-0.05, 0) is 35.8 Å². The number of rotatable bonds is 5. The van der Waals surface area contributed by atoms with E-state index in [4.69, 9.17) is 4.74 Å². The first kappa shape index (κ1) is 16.3. The lowest BCUT2D eigenvalue weighted by molar-refractivity contribution is 0.0972. The molecule has 0 bridgehead atoms. The Morgan fingerprint density at radius 2 is 1.96 bits per heavy atom. The number of hydrogen-bond acceptors (Lipinski definition) is 3. The van der Waals surface area contributed by atoms with Crippen LogP contribution in [-0.2, 0) is 0 Å². The lowest BCUT2D eigenvalue weighted by Crippen LogP contribution is -2.13. The number of carbonyl (C=O) groups is 1. The Labute approximate surface area is 152 Å². The van der Waals surface area contributed by atoms with Crippen molar-refractivity contribution in [2.45, 2.75) is 19.4 Å². The van der Waals surface area contributed by atoms with Gasteiger partial charge in [-0.15, -0.1) is 0 Å². The topological polar surface area (TPSA) is 44.1 Å². The first-order valence-electron chi connectivity index (χ1n) is 8.64. The smallest absolute Gasteiger partial charge is 0.165 e. The summed E-state index contributed by atoms with van der Waals surface area (Å²) in [6.45, 7) is 2.10. The molecule has 3 aromatic rings. The van der Waals surface area contributed by atoms with Gasteiger partial charge in [0.05, 0.1) is 31.4 Å². The van der Waals surface area contributed by atoms with Crippen molar-refractivity contribution in [1.82, 2.24) is 9.55 Å². The highest BCUT2D eigenvalue weighted by atomic mass is 16.5. The molecule has 0 aliphatic carbocycles. The molecule has 0 spiro atoms. The van der Waals surface area contributed by atoms with Crippen LogP contribution in [-0.4, -0.2) is 22.4 Å². The fourth-order valence-electron chi connectivity index (χ4n) is 3.69. The summed E-state index contributed by atoms with van der Waals surface area (Å²) >= 11 is 0. The largest absolute Gasteiger partial charge is 0.497 e. The van der Waals surface area contributed by atoms with Crippen LogP contribution in [0.5, 0.6) is 5.75 Å². The van der Waals surface area contributed by atoms with E-state index < -0.39 is 0 Å². The highest BCUT2D eigenvalue weighted by Gasteiger charge is 2.31. The molecule has 2 heterocycles. The van der Waals surface area contributed by atoms with Gasteiger partial charge in [0.25, 0.3) is 0 Å². The SMILES string of the molecule is COc1cccc(C(=O)CC2C(c3ccccc3)=C(C)c3cncn32)c1. The summed E-state index contributed by atoms with van der Waals surface area (Å²) in [5, 5.41) is 0. The van der Waals surface area contributed by atoms with Gasteiger partial charge in [0.2, 0.25) is 0 Å². The number of methoxy groups -OCH3 is 1. The second-order valence-electron chi connectivity index (χ2n) is 6.47. The van der Waals surface area contributed by atoms with E-state index in [-0.39, 0.29) is 11.8 Å². The van der Waals surface area contributed by atoms with E-state index in [9.17, 15) is 4.79 Å². The van der Waals surface area contributed by atoms with Gasteiger partial charge in [-0.25, -0.2) is 4.98 Å². The Bertz CT molecular complexity index is 986. The molecule has 0 amide bonds. The number of nitrogens with zero attached hydrogens (tertiary/aromatic N) is 2. The van der Waals surface area contributed by atoms with Crippen molar-refractivity contribution in [2.75, 3.05) is 7.11 Å². The van der Waals surface area contributed by atoms with Crippen LogP contribution in [0.15, 0.2) is 67.1 Å². The molecule has 4 nitrogen and oxygen atoms in total. The van der Waals surface area contributed by atoms with Crippen molar-refractivity contribution in [3.05, 3.63) is 83.9 Å². The molecule has 0 saturated carbocycles. The van der Waals surface area contributed by atoms with Crippen molar-refractivity contribution in [1.29, 1.82) is 0 Å². The average Bonchev–Trinajstić information content (AvgIpc) is 3.26. The van der Waals surface area contributed by atoms with Crippen LogP contribution in [0.2, 0.25) is 0 Å². The van der Waals surface area contributed by atoms with E-state index in [1.807, 2.05) is 48.9 Å². The van der Waals surface area contributed by atoms with E-state index in [0.29, 0.717) is 17.7 Å². The van der Waals surface area contributed by atoms with Crippen LogP contribution >= 0.6 is 0 Å². The molecule has 0 fully saturated rings. The van der Waals surface area contributed by atoms with E-state index in [1.54, 1.807) is 13.2 Å². The molecule has 1 atom stereocenters. The van der Waals surface area contributed by atoms with Crippen molar-refractivity contribution in [3.63, 3.8) is 0 Å². The van der Waals surface area contributed by atoms with Gasteiger partial charge in [0, 0.05) is 12.0 Å². The molecule has 1 unspecified atom stereocenters. The molecular formula is C22H20N2O2. The van der Waals surface area contributed by atoms with Gasteiger partial charge in [-0.3, -0.25) is 4.79 Å². The number of aromatic nitrogens is 2. The Hall–Kier alpha value is -3.14. The van der Waals surface area contributed by atoms with E-state index in [1.165, 1.54) is 11.1 Å². The van der Waals surface area contributed by atoms with Gasteiger partial charge in [0.1, 0.15) is 5.75 Å². The van der Waals surface area contributed by atoms with Crippen LogP contribution in [0.4, 0.5) is 0 Å². The minimum absolute atomic E-state index is 0.0476. The van der Waals surface area contributed by atoms with Crippen molar-refractivity contribution < 1.29 is 9.53 Å². The molecule has 1 aromatic heterocycles. The van der Waals surface area contributed by atoms with Crippen molar-refractivity contribution in [3.8, 4) is 5.75 Å². The number of benzene rings is 2. The summed E-state index contributed by atoms with van der Waals surface area (Å²) in [5.74, 6) is 0.789. The number of Topliss-reactive ketones (excluding diaryl/α,β-unsaturated/α-hetero) is 1. The molecule has 2 aromatic carbocycles. The maximum absolute atomic E-state index is 13.0. The molecule has 26 heavy (non-hydrogen) atoms. The van der Waals surface area contributed by atoms with Gasteiger partial charge in [-0.2, -0.15) is 0 Å². The van der Waals surface area contributed by atoms with Crippen LogP contribution in [0.25, 0.3) is 11.1 Å². The number of fused-ring (bicyclic) bond motifs is 1. The molecule has 4 heteroatoms. The normalized spacial score (nSPS) is 15.8. The minimum Gasteiger partial charge on any atom is -0.497 e. The third kappa shape index (κ3) is 2.73. The fourth-order valence-corrected chi connectivity index (χ4v) is 3.69. The molecule has 4 rings (SSSR count). The summed E-state index contributed by atoms with van der Waals surface area (Å²) in [5.41, 5.74) is 5.27. The van der Waals surface area contributed by atoms with Gasteiger partial charge < -0.3 is 9.30 Å². The number of imidazole rings is 1. The van der Waals surface area contributed by atoms with E-state index in [2.05, 4.69) is 28.6 Å². The summed E-state index contributed by atoms with van der Waals surface area (Å²) < 4.78 is 7.36. The van der Waals surface area contributed by atoms with Gasteiger partial charge in [-0.1, -0.05) is 42.5 Å². The Morgan fingerprint density at radius 1 is 1.15 bits per heavy atom. The molecule has 0 N–H and O–H groups in total. The zero-order chi connectivity index (χ0) is 18.1. The molecule has 130 valence electrons. The molecule has 1 aliphatic heterocycles. The maximum Gasteiger partial charge on any atom is 0.165 e. The molecule has 1 aliphatic rings. The average molecular weight is 344 g/mol. The summed E-state index contributed by atoms with van der Waals surface area (Å²) in [7, 11) is 1.61. The zero-order valence-electron chi connectivity index (χ0n) is 14.8. The number of ketones is 1. The maximum atomic E-state index is 13.0. The second kappa shape index (κ2) is 6.64. The number of hydrogen-bond donors (Lipinski definition) is 0. The van der Waals surface area contributed by atoms with E-state index >= 15 is 0 Å². The Morgan fingerprint density at radius 3 is 2.73 bits per heavy atom. The van der Waals surface area contributed by atoms with Crippen LogP contribution in [0.1, 0.15) is 41.0 Å². The van der Waals surface area contributed by atoms with Crippen LogP contribution in [0.3, 0.4) is 0 Å². The Kier molecular flexibility index (Phi) is 4.17. The van der Waals surface area contributed by atoms with Crippen molar-refractivity contribution >= 4 is 16.9 Å². The molecule has 0 radical (unpaired) electrons. The summed E-state index contributed by atoms with van der Waals surface area (Å²) in [4.78, 5) is 17.2. The predicted molar refractivity (Wildman–Crippen MR) is 102 cm³/mol. The zero-order valence-corrected chi connectivity index (χ0v) is 14.8. The minimum atomic E-state index is -0.0476. The lowest BCUT2D eigenvalue weighted by atomic mass is 9.91. The Balaban J connectivity index is 1.71. The number of ether oxygens (including phenoxy) is 1. The predicted octanol–water partition coefficient (Wildman–Crippen LogP) is 4.65. The number of carbonyl (C=O) groups excluding carboxylic acids is 1. The second-order valence-corrected chi connectivity index (χ2v) is 6.47. The third-order valence-corrected chi connectivity index (χ3v) is 4.98. The monoisotopic (exact) mass is 344 g/mol. The summed E-state index contributed by atoms with van der Waals surface area (Å²) in [6.07, 6.45) is 4.07. The first-order chi connectivity index (χ1) is 12.7. The van der Waals surface area contributed by atoms with Gasteiger partial charge in [0.15, 0.2) is 5.78 Å². The quantitative estimate of drug-likeness (QED) is 0.633. The fraction of sp³-hybridized carbons (Fsp3) is 0.182. The van der Waals surface area contributed by atoms with Crippen LogP contribution in [0, 0.1) is 0 Å².